The predicted molar refractivity (Wildman–Crippen MR) is 224 cm³/mol. The highest BCUT2D eigenvalue weighted by molar-refractivity contribution is 7.85. The van der Waals surface area contributed by atoms with Crippen molar-refractivity contribution in [1.82, 2.24) is 10.6 Å². The second kappa shape index (κ2) is 24.7. The molecule has 3 atom stereocenters. The van der Waals surface area contributed by atoms with Crippen molar-refractivity contribution >= 4 is 65.1 Å². The van der Waals surface area contributed by atoms with E-state index in [0.29, 0.717) is 56.2 Å². The molecular formula is C38H74N4O11S3+2. The van der Waals surface area contributed by atoms with Crippen molar-refractivity contribution in [3.63, 3.8) is 0 Å². The lowest BCUT2D eigenvalue weighted by Crippen LogP contribution is -2.48. The maximum Gasteiger partial charge on any atom is 0.359 e. The number of thiol groups is 2. The van der Waals surface area contributed by atoms with Crippen molar-refractivity contribution in [1.29, 1.82) is 0 Å². The Kier molecular flexibility index (Phi) is 23.8. The van der Waals surface area contributed by atoms with E-state index in [9.17, 15) is 37.5 Å². The number of likely N-dealkylation sites (N-methyl/N-ethyl adjacent to an activating group) is 1. The van der Waals surface area contributed by atoms with Crippen molar-refractivity contribution in [3.8, 4) is 0 Å². The number of unbranched alkanes of at least 4 members (excludes halogenated alkanes) is 1. The van der Waals surface area contributed by atoms with E-state index in [-0.39, 0.29) is 73.0 Å². The van der Waals surface area contributed by atoms with Crippen LogP contribution in [0.25, 0.3) is 0 Å². The second-order valence-electron chi connectivity index (χ2n) is 17.6. The molecule has 0 fully saturated rings. The van der Waals surface area contributed by atoms with Crippen molar-refractivity contribution < 1.29 is 60.5 Å². The summed E-state index contributed by atoms with van der Waals surface area (Å²) in [5.41, 5.74) is -3.58. The third-order valence-corrected chi connectivity index (χ3v) is 11.8. The molecule has 0 saturated carbocycles. The Labute approximate surface area is 347 Å². The molecule has 0 heterocycles. The number of aliphatic carboxylic acids is 1. The quantitative estimate of drug-likeness (QED) is 0.0196. The summed E-state index contributed by atoms with van der Waals surface area (Å²) < 4.78 is 43.2. The molecule has 0 rings (SSSR count). The van der Waals surface area contributed by atoms with E-state index in [4.69, 9.17) is 14.0 Å². The summed E-state index contributed by atoms with van der Waals surface area (Å²) in [6.07, 6.45) is 4.94. The largest absolute Gasteiger partial charge is 0.477 e. The molecule has 0 spiro atoms. The molecule has 0 aliphatic heterocycles. The lowest BCUT2D eigenvalue weighted by Gasteiger charge is -2.40. The SMILES string of the molecule is CCC(C)(CC(C)(CC(C)(C)C(=O)NCCC[N+](C)(C)CCCS(=O)(=O)O)C(=O)OCCNC(=O)CCCCC(S)CCS)C(=O)OCC[N+](C)(C)CC(=O)O. The molecule has 0 bridgehead atoms. The standard InChI is InChI=1S/C38H72N4O11S3/c1-10-37(4,34(47)53-24-22-42(8,9)27-32(44)45)29-38(5,35(48)52-23-19-39-31(43)16-12-11-15-30(55)17-25-54)28-36(2,3)33(46)40-18-13-20-41(6,7)21-14-26-56(49,50)51/h30H,10-29H2,1-9H3,(H4-2,39,40,43,44,45,46,49,50,51,54,55)/p+2. The summed E-state index contributed by atoms with van der Waals surface area (Å²) in [5.74, 6) is -2.14. The number of ether oxygens (including phenoxy) is 2. The van der Waals surface area contributed by atoms with E-state index in [2.05, 4.69) is 35.9 Å². The average Bonchev–Trinajstić information content (AvgIpc) is 3.05. The van der Waals surface area contributed by atoms with Crippen molar-refractivity contribution in [2.24, 2.45) is 16.2 Å². The van der Waals surface area contributed by atoms with Crippen molar-refractivity contribution in [2.45, 2.75) is 104 Å². The Morgan fingerprint density at radius 3 is 1.93 bits per heavy atom. The second-order valence-corrected chi connectivity index (χ2v) is 20.3. The van der Waals surface area contributed by atoms with Crippen molar-refractivity contribution in [2.75, 3.05) is 92.2 Å². The minimum Gasteiger partial charge on any atom is -0.477 e. The first kappa shape index (κ1) is 53.9. The Hall–Kier alpha value is -2.12. The predicted octanol–water partition coefficient (Wildman–Crippen LogP) is 3.62. The summed E-state index contributed by atoms with van der Waals surface area (Å²) in [5, 5.41) is 15.2. The van der Waals surface area contributed by atoms with Gasteiger partial charge in [-0.2, -0.15) is 33.7 Å². The number of carboxylic acid groups (broad SMARTS) is 1. The zero-order valence-corrected chi connectivity index (χ0v) is 38.1. The van der Waals surface area contributed by atoms with Gasteiger partial charge in [0.1, 0.15) is 19.8 Å². The first-order valence-corrected chi connectivity index (χ1v) is 22.4. The van der Waals surface area contributed by atoms with E-state index >= 15 is 0 Å². The Morgan fingerprint density at radius 2 is 1.36 bits per heavy atom. The van der Waals surface area contributed by atoms with Crippen LogP contribution >= 0.6 is 25.3 Å². The van der Waals surface area contributed by atoms with Gasteiger partial charge in [-0.25, -0.2) is 4.79 Å². The third-order valence-electron chi connectivity index (χ3n) is 10.2. The number of nitrogens with one attached hydrogen (secondary N) is 2. The van der Waals surface area contributed by atoms with Gasteiger partial charge in [-0.3, -0.25) is 23.7 Å². The summed E-state index contributed by atoms with van der Waals surface area (Å²) >= 11 is 8.75. The Morgan fingerprint density at radius 1 is 0.768 bits per heavy atom. The molecule has 328 valence electrons. The van der Waals surface area contributed by atoms with Crippen LogP contribution in [0.5, 0.6) is 0 Å². The van der Waals surface area contributed by atoms with Gasteiger partial charge in [0.2, 0.25) is 11.8 Å². The molecule has 0 saturated heterocycles. The molecule has 0 aromatic heterocycles. The molecule has 0 aliphatic rings. The fourth-order valence-corrected chi connectivity index (χ4v) is 8.08. The molecule has 56 heavy (non-hydrogen) atoms. The Bertz CT molecular complexity index is 1380. The maximum absolute atomic E-state index is 14.0. The van der Waals surface area contributed by atoms with E-state index < -0.39 is 44.3 Å². The van der Waals surface area contributed by atoms with Gasteiger partial charge >= 0.3 is 17.9 Å². The summed E-state index contributed by atoms with van der Waals surface area (Å²) in [7, 11) is 3.29. The average molecular weight is 859 g/mol. The van der Waals surface area contributed by atoms with Crippen LogP contribution in [0.3, 0.4) is 0 Å². The maximum atomic E-state index is 14.0. The number of carbonyl (C=O) groups is 5. The van der Waals surface area contributed by atoms with Crippen molar-refractivity contribution in [3.05, 3.63) is 0 Å². The van der Waals surface area contributed by atoms with Crippen LogP contribution in [0, 0.1) is 16.2 Å². The summed E-state index contributed by atoms with van der Waals surface area (Å²) in [6, 6.07) is 0. The number of quaternary nitrogens is 2. The van der Waals surface area contributed by atoms with E-state index in [0.717, 1.165) is 25.0 Å². The normalized spacial score (nSPS) is 15.2. The lowest BCUT2D eigenvalue weighted by atomic mass is 9.65. The van der Waals surface area contributed by atoms with Crippen LogP contribution in [0.15, 0.2) is 0 Å². The van der Waals surface area contributed by atoms with Gasteiger partial charge in [-0.1, -0.05) is 27.2 Å². The number of amides is 2. The zero-order chi connectivity index (χ0) is 43.4. The highest BCUT2D eigenvalue weighted by Crippen LogP contribution is 2.45. The topological polar surface area (TPSA) is 202 Å². The highest BCUT2D eigenvalue weighted by Gasteiger charge is 2.49. The van der Waals surface area contributed by atoms with Gasteiger partial charge in [0.05, 0.1) is 64.4 Å². The van der Waals surface area contributed by atoms with Crippen LogP contribution in [-0.2, 0) is 43.6 Å². The molecule has 4 N–H and O–H groups in total. The minimum absolute atomic E-state index is 0.000797. The lowest BCUT2D eigenvalue weighted by molar-refractivity contribution is -0.890. The highest BCUT2D eigenvalue weighted by atomic mass is 32.2. The first-order valence-electron chi connectivity index (χ1n) is 19.6. The molecule has 0 radical (unpaired) electrons. The van der Waals surface area contributed by atoms with E-state index in [1.807, 2.05) is 21.0 Å². The van der Waals surface area contributed by atoms with Gasteiger partial charge in [-0.05, 0) is 58.1 Å². The van der Waals surface area contributed by atoms with Gasteiger partial charge in [-0.15, -0.1) is 0 Å². The molecular weight excluding hydrogens is 785 g/mol. The Balaban J connectivity index is 5.77. The fourth-order valence-electron chi connectivity index (χ4n) is 6.76. The van der Waals surface area contributed by atoms with E-state index in [1.165, 1.54) is 0 Å². The van der Waals surface area contributed by atoms with E-state index in [1.54, 1.807) is 41.8 Å². The van der Waals surface area contributed by atoms with Gasteiger partial charge in [0.25, 0.3) is 10.1 Å². The van der Waals surface area contributed by atoms with Gasteiger partial charge in [0.15, 0.2) is 6.54 Å². The third kappa shape index (κ3) is 23.3. The monoisotopic (exact) mass is 858 g/mol. The van der Waals surface area contributed by atoms with Crippen LogP contribution in [0.4, 0.5) is 0 Å². The fraction of sp³-hybridized carbons (Fsp3) is 0.868. The number of hydrogen-bond donors (Lipinski definition) is 6. The smallest absolute Gasteiger partial charge is 0.359 e. The zero-order valence-electron chi connectivity index (χ0n) is 35.5. The molecule has 18 heteroatoms. The van der Waals surface area contributed by atoms with Crippen LogP contribution in [0.2, 0.25) is 0 Å². The molecule has 3 unspecified atom stereocenters. The minimum atomic E-state index is -4.04. The summed E-state index contributed by atoms with van der Waals surface area (Å²) in [6.45, 7) is 10.2. The number of hydrogen-bond acceptors (Lipinski definition) is 11. The van der Waals surface area contributed by atoms with Gasteiger partial charge in [0, 0.05) is 36.5 Å². The molecule has 0 aromatic rings. The van der Waals surface area contributed by atoms with Crippen LogP contribution in [0.1, 0.15) is 98.8 Å². The van der Waals surface area contributed by atoms with Crippen LogP contribution in [-0.4, -0.2) is 154 Å². The number of carboxylic acids is 1. The number of esters is 2. The van der Waals surface area contributed by atoms with Gasteiger partial charge < -0.3 is 34.2 Å². The summed E-state index contributed by atoms with van der Waals surface area (Å²) in [4.78, 5) is 64.9. The number of rotatable bonds is 31. The molecule has 0 aliphatic carbocycles. The molecule has 15 nitrogen and oxygen atoms in total. The molecule has 0 aromatic carbocycles. The molecule has 2 amide bonds. The number of nitrogens with zero attached hydrogens (tertiary/aromatic N) is 2. The first-order chi connectivity index (χ1) is 25.6. The van der Waals surface area contributed by atoms with Crippen LogP contribution < -0.4 is 10.6 Å². The number of carbonyl (C=O) groups excluding carboxylic acids is 4.